The van der Waals surface area contributed by atoms with Gasteiger partial charge in [0.25, 0.3) is 0 Å². The zero-order valence-corrected chi connectivity index (χ0v) is 20.7. The molecule has 1 aliphatic heterocycles. The maximum atomic E-state index is 4.75. The number of aryl methyl sites for hydroxylation is 1. The minimum atomic E-state index is 0.131. The zero-order valence-electron chi connectivity index (χ0n) is 20.7. The van der Waals surface area contributed by atoms with Crippen LogP contribution in [0.3, 0.4) is 0 Å². The van der Waals surface area contributed by atoms with Crippen LogP contribution in [0.2, 0.25) is 0 Å². The summed E-state index contributed by atoms with van der Waals surface area (Å²) in [6.45, 7) is 16.7. The van der Waals surface area contributed by atoms with Gasteiger partial charge in [0.2, 0.25) is 17.8 Å². The van der Waals surface area contributed by atoms with Crippen LogP contribution >= 0.6 is 0 Å². The Morgan fingerprint density at radius 1 is 1.16 bits per heavy atom. The Morgan fingerprint density at radius 2 is 1.91 bits per heavy atom. The summed E-state index contributed by atoms with van der Waals surface area (Å²) < 4.78 is 0. The summed E-state index contributed by atoms with van der Waals surface area (Å²) in [5, 5.41) is 13.8. The first-order chi connectivity index (χ1) is 15.1. The highest BCUT2D eigenvalue weighted by Gasteiger charge is 2.20. The smallest absolute Gasteiger partial charge is 0.233 e. The van der Waals surface area contributed by atoms with Gasteiger partial charge in [-0.2, -0.15) is 15.0 Å². The molecule has 0 saturated carbocycles. The Bertz CT molecular complexity index is 884. The molecular weight excluding hydrogens is 400 g/mol. The van der Waals surface area contributed by atoms with E-state index in [0.29, 0.717) is 29.9 Å². The van der Waals surface area contributed by atoms with Crippen LogP contribution in [0, 0.1) is 12.3 Å². The number of nitrogens with one attached hydrogen (secondary N) is 4. The minimum absolute atomic E-state index is 0.131. The van der Waals surface area contributed by atoms with Crippen molar-refractivity contribution in [3.05, 3.63) is 29.3 Å². The topological polar surface area (TPSA) is 90.0 Å². The van der Waals surface area contributed by atoms with Gasteiger partial charge in [-0.3, -0.25) is 0 Å². The quantitative estimate of drug-likeness (QED) is 0.470. The number of hydrogen-bond donors (Lipinski definition) is 4. The third-order valence-corrected chi connectivity index (χ3v) is 5.33. The number of rotatable bonds is 9. The van der Waals surface area contributed by atoms with Gasteiger partial charge in [-0.15, -0.1) is 0 Å². The normalized spacial score (nSPS) is 16.4. The van der Waals surface area contributed by atoms with E-state index in [1.807, 2.05) is 7.05 Å². The van der Waals surface area contributed by atoms with Crippen molar-refractivity contribution in [1.82, 2.24) is 25.6 Å². The summed E-state index contributed by atoms with van der Waals surface area (Å²) in [5.74, 6) is 1.84. The fourth-order valence-electron chi connectivity index (χ4n) is 3.75. The molecule has 1 saturated heterocycles. The lowest BCUT2D eigenvalue weighted by Crippen LogP contribution is -2.31. The molecule has 1 aromatic carbocycles. The van der Waals surface area contributed by atoms with Crippen LogP contribution in [-0.2, 0) is 6.54 Å². The van der Waals surface area contributed by atoms with Gasteiger partial charge in [-0.1, -0.05) is 46.8 Å². The van der Waals surface area contributed by atoms with Crippen LogP contribution in [0.25, 0.3) is 0 Å². The summed E-state index contributed by atoms with van der Waals surface area (Å²) >= 11 is 0. The lowest BCUT2D eigenvalue weighted by molar-refractivity contribution is 0.416. The van der Waals surface area contributed by atoms with Gasteiger partial charge in [-0.25, -0.2) is 0 Å². The first-order valence-electron chi connectivity index (χ1n) is 11.6. The number of hydrogen-bond acceptors (Lipinski definition) is 8. The van der Waals surface area contributed by atoms with E-state index < -0.39 is 0 Å². The molecule has 2 aromatic rings. The molecule has 0 aliphatic carbocycles. The highest BCUT2D eigenvalue weighted by molar-refractivity contribution is 5.61. The number of nitrogens with zero attached hydrogens (tertiary/aromatic N) is 4. The first-order valence-corrected chi connectivity index (χ1v) is 11.6. The van der Waals surface area contributed by atoms with Crippen LogP contribution in [0.15, 0.2) is 18.2 Å². The van der Waals surface area contributed by atoms with E-state index in [1.54, 1.807) is 0 Å². The summed E-state index contributed by atoms with van der Waals surface area (Å²) in [5.41, 5.74) is 3.52. The lowest BCUT2D eigenvalue weighted by Gasteiger charge is -2.27. The van der Waals surface area contributed by atoms with Gasteiger partial charge in [0.1, 0.15) is 0 Å². The monoisotopic (exact) mass is 440 g/mol. The Hall–Kier alpha value is -2.45. The Kier molecular flexibility index (Phi) is 7.90. The average Bonchev–Trinajstić information content (AvgIpc) is 3.20. The van der Waals surface area contributed by atoms with Crippen LogP contribution in [0.5, 0.6) is 0 Å². The molecule has 0 unspecified atom stereocenters. The molecule has 4 N–H and O–H groups in total. The van der Waals surface area contributed by atoms with Gasteiger partial charge in [0.05, 0.1) is 0 Å². The second-order valence-electron chi connectivity index (χ2n) is 10.3. The predicted molar refractivity (Wildman–Crippen MR) is 134 cm³/mol. The molecule has 176 valence electrons. The Balaban J connectivity index is 1.87. The molecule has 2 heterocycles. The predicted octanol–water partition coefficient (Wildman–Crippen LogP) is 3.68. The molecule has 32 heavy (non-hydrogen) atoms. The van der Waals surface area contributed by atoms with Crippen molar-refractivity contribution >= 4 is 23.5 Å². The van der Waals surface area contributed by atoms with Gasteiger partial charge < -0.3 is 26.2 Å². The van der Waals surface area contributed by atoms with Crippen molar-refractivity contribution < 1.29 is 0 Å². The standard InChI is InChI=1S/C24H40N8/c1-16(2)26-13-18-9-8-17(3)20(12-18)28-22-29-21(27-19-10-11-25-14-19)30-23(31-22)32(7)15-24(4,5)6/h8-9,12,16,19,25-26H,10-11,13-15H2,1-7H3,(H2,27,28,29,30,31)/t19-/m1/s1. The van der Waals surface area contributed by atoms with E-state index in [4.69, 9.17) is 15.0 Å². The summed E-state index contributed by atoms with van der Waals surface area (Å²) in [6.07, 6.45) is 1.06. The van der Waals surface area contributed by atoms with Gasteiger partial charge >= 0.3 is 0 Å². The molecule has 1 fully saturated rings. The van der Waals surface area contributed by atoms with E-state index in [9.17, 15) is 0 Å². The molecule has 3 rings (SSSR count). The number of aromatic nitrogens is 3. The average molecular weight is 441 g/mol. The molecule has 8 nitrogen and oxygen atoms in total. The maximum Gasteiger partial charge on any atom is 0.233 e. The van der Waals surface area contributed by atoms with Gasteiger partial charge in [0.15, 0.2) is 0 Å². The molecule has 1 aromatic heterocycles. The SMILES string of the molecule is Cc1ccc(CNC(C)C)cc1Nc1nc(N[C@@H]2CCNC2)nc(N(C)CC(C)(C)C)n1. The first kappa shape index (κ1) is 24.2. The van der Waals surface area contributed by atoms with Crippen molar-refractivity contribution in [1.29, 1.82) is 0 Å². The van der Waals surface area contributed by atoms with Crippen molar-refractivity contribution in [2.24, 2.45) is 5.41 Å². The molecule has 1 aliphatic rings. The van der Waals surface area contributed by atoms with Gasteiger partial charge in [0, 0.05) is 44.5 Å². The molecular formula is C24H40N8. The summed E-state index contributed by atoms with van der Waals surface area (Å²) in [6, 6.07) is 7.23. The maximum absolute atomic E-state index is 4.75. The van der Waals surface area contributed by atoms with E-state index in [0.717, 1.165) is 43.9 Å². The largest absolute Gasteiger partial charge is 0.350 e. The van der Waals surface area contributed by atoms with Crippen LogP contribution in [0.1, 0.15) is 52.2 Å². The third-order valence-electron chi connectivity index (χ3n) is 5.33. The lowest BCUT2D eigenvalue weighted by atomic mass is 9.96. The minimum Gasteiger partial charge on any atom is -0.350 e. The molecule has 0 amide bonds. The van der Waals surface area contributed by atoms with Gasteiger partial charge in [-0.05, 0) is 42.5 Å². The van der Waals surface area contributed by atoms with Crippen LogP contribution in [-0.4, -0.2) is 53.7 Å². The van der Waals surface area contributed by atoms with E-state index in [-0.39, 0.29) is 5.41 Å². The van der Waals surface area contributed by atoms with Crippen molar-refractivity contribution in [3.8, 4) is 0 Å². The molecule has 1 atom stereocenters. The third kappa shape index (κ3) is 7.31. The Labute approximate surface area is 193 Å². The highest BCUT2D eigenvalue weighted by Crippen LogP contribution is 2.24. The Morgan fingerprint density at radius 3 is 2.56 bits per heavy atom. The second kappa shape index (κ2) is 10.4. The van der Waals surface area contributed by atoms with Crippen molar-refractivity contribution in [3.63, 3.8) is 0 Å². The zero-order chi connectivity index (χ0) is 23.3. The molecule has 8 heteroatoms. The number of anilines is 4. The van der Waals surface area contributed by atoms with E-state index in [2.05, 4.69) is 85.9 Å². The molecule has 0 bridgehead atoms. The molecule has 0 spiro atoms. The summed E-state index contributed by atoms with van der Waals surface area (Å²) in [4.78, 5) is 16.3. The summed E-state index contributed by atoms with van der Waals surface area (Å²) in [7, 11) is 2.04. The fourth-order valence-corrected chi connectivity index (χ4v) is 3.75. The molecule has 0 radical (unpaired) electrons. The van der Waals surface area contributed by atoms with Crippen molar-refractivity contribution in [2.75, 3.05) is 42.2 Å². The van der Waals surface area contributed by atoms with Crippen LogP contribution in [0.4, 0.5) is 23.5 Å². The highest BCUT2D eigenvalue weighted by atomic mass is 15.3. The second-order valence-corrected chi connectivity index (χ2v) is 10.3. The van der Waals surface area contributed by atoms with E-state index >= 15 is 0 Å². The van der Waals surface area contributed by atoms with Crippen molar-refractivity contribution in [2.45, 2.75) is 66.6 Å². The fraction of sp³-hybridized carbons (Fsp3) is 0.625. The van der Waals surface area contributed by atoms with E-state index in [1.165, 1.54) is 5.56 Å². The number of benzene rings is 1. The van der Waals surface area contributed by atoms with Crippen LogP contribution < -0.4 is 26.2 Å².